The number of aromatic nitrogens is 2. The van der Waals surface area contributed by atoms with Gasteiger partial charge in [0.15, 0.2) is 12.6 Å². The standard InChI is InChI=1S/C10H11N2O2/c1-11-7-8(10(13)14-2)9-5-3-4-6-12(9)11/h3-7H,1-2H3/q+1. The summed E-state index contributed by atoms with van der Waals surface area (Å²) in [6, 6.07) is 5.68. The fourth-order valence-electron chi connectivity index (χ4n) is 1.51. The summed E-state index contributed by atoms with van der Waals surface area (Å²) in [7, 11) is 3.26. The van der Waals surface area contributed by atoms with Crippen LogP contribution in [-0.2, 0) is 11.8 Å². The topological polar surface area (TPSA) is 34.6 Å². The van der Waals surface area contributed by atoms with E-state index in [0.29, 0.717) is 5.56 Å². The number of carbonyl (C=O) groups excluding carboxylic acids is 1. The Morgan fingerprint density at radius 3 is 3.00 bits per heavy atom. The van der Waals surface area contributed by atoms with Gasteiger partial charge in [-0.05, 0) is 12.1 Å². The quantitative estimate of drug-likeness (QED) is 0.487. The third kappa shape index (κ3) is 1.16. The van der Waals surface area contributed by atoms with Gasteiger partial charge >= 0.3 is 5.97 Å². The van der Waals surface area contributed by atoms with Gasteiger partial charge in [-0.1, -0.05) is 6.07 Å². The minimum absolute atomic E-state index is 0.311. The fourth-order valence-corrected chi connectivity index (χ4v) is 1.51. The molecule has 0 fully saturated rings. The maximum Gasteiger partial charge on any atom is 0.346 e. The van der Waals surface area contributed by atoms with E-state index in [0.717, 1.165) is 5.52 Å². The van der Waals surface area contributed by atoms with E-state index < -0.39 is 0 Å². The number of aryl methyl sites for hydroxylation is 1. The van der Waals surface area contributed by atoms with Gasteiger partial charge in [0.1, 0.15) is 5.52 Å². The van der Waals surface area contributed by atoms with Gasteiger partial charge in [0.2, 0.25) is 6.20 Å². The van der Waals surface area contributed by atoms with Gasteiger partial charge in [-0.3, -0.25) is 0 Å². The molecule has 4 heteroatoms. The number of fused-ring (bicyclic) bond motifs is 1. The number of rotatable bonds is 1. The minimum Gasteiger partial charge on any atom is -0.465 e. The highest BCUT2D eigenvalue weighted by molar-refractivity contribution is 5.96. The molecule has 0 saturated heterocycles. The zero-order valence-corrected chi connectivity index (χ0v) is 8.10. The molecule has 0 aliphatic carbocycles. The van der Waals surface area contributed by atoms with Gasteiger partial charge in [-0.2, -0.15) is 0 Å². The van der Waals surface area contributed by atoms with E-state index in [1.54, 1.807) is 6.20 Å². The second kappa shape index (κ2) is 3.14. The van der Waals surface area contributed by atoms with Crippen LogP contribution >= 0.6 is 0 Å². The third-order valence-corrected chi connectivity index (χ3v) is 2.18. The molecule has 14 heavy (non-hydrogen) atoms. The zero-order valence-electron chi connectivity index (χ0n) is 8.10. The van der Waals surface area contributed by atoms with Crippen LogP contribution in [0.3, 0.4) is 0 Å². The summed E-state index contributed by atoms with van der Waals surface area (Å²) in [5.41, 5.74) is 1.43. The van der Waals surface area contributed by atoms with Gasteiger partial charge in [0.25, 0.3) is 0 Å². The second-order valence-electron chi connectivity index (χ2n) is 3.04. The molecule has 0 spiro atoms. The molecule has 0 aliphatic heterocycles. The highest BCUT2D eigenvalue weighted by Gasteiger charge is 2.18. The van der Waals surface area contributed by atoms with Crippen LogP contribution in [0.5, 0.6) is 0 Å². The van der Waals surface area contributed by atoms with Crippen molar-refractivity contribution in [2.75, 3.05) is 7.11 Å². The highest BCUT2D eigenvalue weighted by Crippen LogP contribution is 2.09. The number of esters is 1. The molecule has 0 N–H and O–H groups in total. The Morgan fingerprint density at radius 1 is 1.50 bits per heavy atom. The molecule has 0 aliphatic rings. The predicted molar refractivity (Wildman–Crippen MR) is 49.9 cm³/mol. The van der Waals surface area contributed by atoms with Crippen molar-refractivity contribution in [1.82, 2.24) is 4.52 Å². The van der Waals surface area contributed by atoms with Crippen LogP contribution in [0, 0.1) is 0 Å². The van der Waals surface area contributed by atoms with E-state index >= 15 is 0 Å². The second-order valence-corrected chi connectivity index (χ2v) is 3.04. The molecule has 0 atom stereocenters. The lowest BCUT2D eigenvalue weighted by molar-refractivity contribution is -0.737. The maximum absolute atomic E-state index is 11.4. The average Bonchev–Trinajstić information content (AvgIpc) is 2.56. The summed E-state index contributed by atoms with van der Waals surface area (Å²) in [5.74, 6) is -0.311. The first kappa shape index (κ1) is 8.74. The molecule has 2 rings (SSSR count). The molecule has 72 valence electrons. The van der Waals surface area contributed by atoms with E-state index in [1.165, 1.54) is 7.11 Å². The number of methoxy groups -OCH3 is 1. The molecule has 2 aromatic heterocycles. The molecule has 0 saturated carbocycles. The number of nitrogens with zero attached hydrogens (tertiary/aromatic N) is 2. The fraction of sp³-hybridized carbons (Fsp3) is 0.200. The number of pyridine rings is 1. The number of ether oxygens (including phenoxy) is 1. The summed E-state index contributed by atoms with van der Waals surface area (Å²) in [6.45, 7) is 0. The van der Waals surface area contributed by atoms with E-state index in [1.807, 2.05) is 40.6 Å². The van der Waals surface area contributed by atoms with Crippen molar-refractivity contribution in [1.29, 1.82) is 0 Å². The molecule has 0 aromatic carbocycles. The summed E-state index contributed by atoms with van der Waals surface area (Å²) >= 11 is 0. The van der Waals surface area contributed by atoms with Crippen molar-refractivity contribution in [3.63, 3.8) is 0 Å². The van der Waals surface area contributed by atoms with Gasteiger partial charge in [-0.25, -0.2) is 4.79 Å². The lowest BCUT2D eigenvalue weighted by atomic mass is 10.3. The average molecular weight is 191 g/mol. The van der Waals surface area contributed by atoms with E-state index in [2.05, 4.69) is 0 Å². The smallest absolute Gasteiger partial charge is 0.346 e. The Kier molecular flexibility index (Phi) is 1.96. The molecule has 0 amide bonds. The molecular formula is C10H11N2O2+. The summed E-state index contributed by atoms with van der Waals surface area (Å²) in [5, 5.41) is 0. The predicted octanol–water partition coefficient (Wildman–Crippen LogP) is 0.550. The molecule has 0 bridgehead atoms. The highest BCUT2D eigenvalue weighted by atomic mass is 16.5. The van der Waals surface area contributed by atoms with Crippen molar-refractivity contribution in [2.24, 2.45) is 7.05 Å². The number of hydrogen-bond donors (Lipinski definition) is 0. The summed E-state index contributed by atoms with van der Waals surface area (Å²) in [6.07, 6.45) is 3.64. The Labute approximate surface area is 81.3 Å². The molecular weight excluding hydrogens is 180 g/mol. The van der Waals surface area contributed by atoms with Crippen LogP contribution < -0.4 is 4.68 Å². The van der Waals surface area contributed by atoms with Gasteiger partial charge in [0.05, 0.1) is 13.3 Å². The monoisotopic (exact) mass is 191 g/mol. The first-order chi connectivity index (χ1) is 6.74. The first-order valence-electron chi connectivity index (χ1n) is 4.28. The molecule has 2 aromatic rings. The Balaban J connectivity index is 2.72. The molecule has 0 radical (unpaired) electrons. The largest absolute Gasteiger partial charge is 0.465 e. The van der Waals surface area contributed by atoms with Crippen LogP contribution in [0.15, 0.2) is 30.6 Å². The van der Waals surface area contributed by atoms with Crippen LogP contribution in [0.2, 0.25) is 0 Å². The van der Waals surface area contributed by atoms with E-state index in [4.69, 9.17) is 4.74 Å². The van der Waals surface area contributed by atoms with Crippen LogP contribution in [-0.4, -0.2) is 17.6 Å². The van der Waals surface area contributed by atoms with Crippen LogP contribution in [0.25, 0.3) is 5.52 Å². The van der Waals surface area contributed by atoms with Crippen molar-refractivity contribution in [3.05, 3.63) is 36.2 Å². The van der Waals surface area contributed by atoms with E-state index in [-0.39, 0.29) is 5.97 Å². The SMILES string of the molecule is COC(=O)c1c[n+](C)n2ccccc12. The third-order valence-electron chi connectivity index (χ3n) is 2.18. The van der Waals surface area contributed by atoms with Crippen molar-refractivity contribution >= 4 is 11.5 Å². The van der Waals surface area contributed by atoms with Crippen molar-refractivity contribution < 1.29 is 14.2 Å². The van der Waals surface area contributed by atoms with Gasteiger partial charge in [-0.15, -0.1) is 9.20 Å². The Bertz CT molecular complexity index is 488. The van der Waals surface area contributed by atoms with E-state index in [9.17, 15) is 4.79 Å². The van der Waals surface area contributed by atoms with Gasteiger partial charge in [0, 0.05) is 0 Å². The maximum atomic E-state index is 11.4. The summed E-state index contributed by atoms with van der Waals surface area (Å²) in [4.78, 5) is 11.4. The first-order valence-corrected chi connectivity index (χ1v) is 4.28. The Morgan fingerprint density at radius 2 is 2.29 bits per heavy atom. The molecule has 2 heterocycles. The van der Waals surface area contributed by atoms with Crippen LogP contribution in [0.1, 0.15) is 10.4 Å². The molecule has 0 unspecified atom stereocenters. The zero-order chi connectivity index (χ0) is 10.1. The van der Waals surface area contributed by atoms with Crippen molar-refractivity contribution in [2.45, 2.75) is 0 Å². The lowest BCUT2D eigenvalue weighted by Gasteiger charge is -1.92. The minimum atomic E-state index is -0.311. The Hall–Kier alpha value is -1.84. The summed E-state index contributed by atoms with van der Waals surface area (Å²) < 4.78 is 8.41. The van der Waals surface area contributed by atoms with Crippen molar-refractivity contribution in [3.8, 4) is 0 Å². The molecule has 4 nitrogen and oxygen atoms in total. The normalized spacial score (nSPS) is 10.4. The van der Waals surface area contributed by atoms with Gasteiger partial charge < -0.3 is 4.74 Å². The number of carbonyl (C=O) groups is 1. The lowest BCUT2D eigenvalue weighted by Crippen LogP contribution is -2.33. The number of hydrogen-bond acceptors (Lipinski definition) is 2. The van der Waals surface area contributed by atoms with Crippen LogP contribution in [0.4, 0.5) is 0 Å².